The quantitative estimate of drug-likeness (QED) is 0.692. The zero-order chi connectivity index (χ0) is 9.97. The highest BCUT2D eigenvalue weighted by molar-refractivity contribution is 5.80. The van der Waals surface area contributed by atoms with Crippen LogP contribution in [0.3, 0.4) is 0 Å². The molecule has 1 saturated carbocycles. The molecule has 2 atom stereocenters. The van der Waals surface area contributed by atoms with Crippen molar-refractivity contribution in [3.05, 3.63) is 11.8 Å². The van der Waals surface area contributed by atoms with Crippen LogP contribution in [0.2, 0.25) is 0 Å². The molecule has 3 nitrogen and oxygen atoms in total. The number of rotatable bonds is 3. The lowest BCUT2D eigenvalue weighted by molar-refractivity contribution is 0.136. The van der Waals surface area contributed by atoms with Gasteiger partial charge in [-0.25, -0.2) is 0 Å². The summed E-state index contributed by atoms with van der Waals surface area (Å²) in [4.78, 5) is 4.42. The van der Waals surface area contributed by atoms with Crippen molar-refractivity contribution in [1.29, 1.82) is 0 Å². The maximum atomic E-state index is 5.63. The average Bonchev–Trinajstić information content (AvgIpc) is 2.90. The molecule has 2 fully saturated rings. The zero-order valence-electron chi connectivity index (χ0n) is 8.65. The van der Waals surface area contributed by atoms with Gasteiger partial charge in [-0.2, -0.15) is 0 Å². The second-order valence-corrected chi connectivity index (χ2v) is 4.34. The molecule has 0 aromatic carbocycles. The van der Waals surface area contributed by atoms with Crippen molar-refractivity contribution in [3.63, 3.8) is 0 Å². The second-order valence-electron chi connectivity index (χ2n) is 4.34. The summed E-state index contributed by atoms with van der Waals surface area (Å²) in [5.41, 5.74) is 6.61. The summed E-state index contributed by atoms with van der Waals surface area (Å²) in [6.45, 7) is 3.05. The summed E-state index contributed by atoms with van der Waals surface area (Å²) in [5, 5.41) is 0. The largest absolute Gasteiger partial charge is 0.404 e. The predicted octanol–water partition coefficient (Wildman–Crippen LogP) is 1.49. The van der Waals surface area contributed by atoms with Crippen molar-refractivity contribution in [2.24, 2.45) is 16.6 Å². The first-order valence-electron chi connectivity index (χ1n) is 5.36. The number of ether oxygens (including phenoxy) is 1. The van der Waals surface area contributed by atoms with E-state index in [1.54, 1.807) is 6.20 Å². The van der Waals surface area contributed by atoms with Gasteiger partial charge in [0.1, 0.15) is 0 Å². The first-order chi connectivity index (χ1) is 6.79. The minimum Gasteiger partial charge on any atom is -0.404 e. The minimum absolute atomic E-state index is 0.178. The topological polar surface area (TPSA) is 47.6 Å². The van der Waals surface area contributed by atoms with Crippen LogP contribution in [0.5, 0.6) is 0 Å². The molecule has 3 heteroatoms. The number of hydrogen-bond donors (Lipinski definition) is 1. The Labute approximate surface area is 85.0 Å². The summed E-state index contributed by atoms with van der Waals surface area (Å²) >= 11 is 0. The van der Waals surface area contributed by atoms with Gasteiger partial charge in [0.05, 0.1) is 18.8 Å². The third kappa shape index (κ3) is 2.35. The van der Waals surface area contributed by atoms with Gasteiger partial charge in [0.25, 0.3) is 0 Å². The SMILES string of the molecule is CC1COC(/C(C=NC2CC2)=C/N)C1. The molecule has 1 aliphatic heterocycles. The standard InChI is InChI=1S/C11H18N2O/c1-8-4-11(14-7-8)9(5-12)6-13-10-2-3-10/h5-6,8,10-11H,2-4,7,12H2,1H3/b9-5+,13-6?. The fourth-order valence-electron chi connectivity index (χ4n) is 1.66. The summed E-state index contributed by atoms with van der Waals surface area (Å²) in [6, 6.07) is 0.559. The molecule has 0 radical (unpaired) electrons. The maximum Gasteiger partial charge on any atom is 0.0857 e. The van der Waals surface area contributed by atoms with Gasteiger partial charge in [-0.05, 0) is 25.2 Å². The summed E-state index contributed by atoms with van der Waals surface area (Å²) in [7, 11) is 0. The van der Waals surface area contributed by atoms with E-state index in [0.29, 0.717) is 12.0 Å². The van der Waals surface area contributed by atoms with Gasteiger partial charge >= 0.3 is 0 Å². The lowest BCUT2D eigenvalue weighted by atomic mass is 10.0. The van der Waals surface area contributed by atoms with Crippen LogP contribution in [0.4, 0.5) is 0 Å². The molecular formula is C11H18N2O. The molecule has 0 bridgehead atoms. The molecule has 1 aliphatic carbocycles. The highest BCUT2D eigenvalue weighted by Crippen LogP contribution is 2.26. The van der Waals surface area contributed by atoms with Crippen molar-refractivity contribution in [3.8, 4) is 0 Å². The van der Waals surface area contributed by atoms with Crippen molar-refractivity contribution >= 4 is 6.21 Å². The number of aliphatic imine (C=N–C) groups is 1. The Balaban J connectivity index is 1.92. The normalized spacial score (nSPS) is 34.2. The van der Waals surface area contributed by atoms with Crippen LogP contribution < -0.4 is 5.73 Å². The van der Waals surface area contributed by atoms with Gasteiger partial charge in [0, 0.05) is 18.0 Å². The number of nitrogens with zero attached hydrogens (tertiary/aromatic N) is 1. The molecule has 1 saturated heterocycles. The van der Waals surface area contributed by atoms with Crippen molar-refractivity contribution in [1.82, 2.24) is 0 Å². The second kappa shape index (κ2) is 4.13. The third-order valence-corrected chi connectivity index (χ3v) is 2.74. The Hall–Kier alpha value is -0.830. The predicted molar refractivity (Wildman–Crippen MR) is 57.3 cm³/mol. The first kappa shape index (κ1) is 9.71. The average molecular weight is 194 g/mol. The van der Waals surface area contributed by atoms with E-state index in [1.165, 1.54) is 12.8 Å². The van der Waals surface area contributed by atoms with Crippen LogP contribution in [-0.4, -0.2) is 25.0 Å². The molecule has 2 rings (SSSR count). The molecule has 0 aromatic rings. The molecule has 14 heavy (non-hydrogen) atoms. The minimum atomic E-state index is 0.178. The lowest BCUT2D eigenvalue weighted by Gasteiger charge is -2.08. The van der Waals surface area contributed by atoms with Gasteiger partial charge in [-0.15, -0.1) is 0 Å². The van der Waals surface area contributed by atoms with Gasteiger partial charge < -0.3 is 10.5 Å². The number of hydrogen-bond acceptors (Lipinski definition) is 3. The van der Waals surface area contributed by atoms with E-state index >= 15 is 0 Å². The molecule has 2 unspecified atom stereocenters. The van der Waals surface area contributed by atoms with Crippen LogP contribution in [0.25, 0.3) is 0 Å². The smallest absolute Gasteiger partial charge is 0.0857 e. The molecule has 2 N–H and O–H groups in total. The monoisotopic (exact) mass is 194 g/mol. The number of nitrogens with two attached hydrogens (primary N) is 1. The molecule has 78 valence electrons. The summed E-state index contributed by atoms with van der Waals surface area (Å²) < 4.78 is 5.63. The van der Waals surface area contributed by atoms with Crippen LogP contribution in [0, 0.1) is 5.92 Å². The highest BCUT2D eigenvalue weighted by Gasteiger charge is 2.25. The molecule has 0 amide bonds. The van der Waals surface area contributed by atoms with Gasteiger partial charge in [0.15, 0.2) is 0 Å². The van der Waals surface area contributed by atoms with E-state index < -0.39 is 0 Å². The van der Waals surface area contributed by atoms with Crippen LogP contribution >= 0.6 is 0 Å². The van der Waals surface area contributed by atoms with E-state index in [-0.39, 0.29) is 6.10 Å². The molecule has 0 spiro atoms. The highest BCUT2D eigenvalue weighted by atomic mass is 16.5. The van der Waals surface area contributed by atoms with Crippen molar-refractivity contribution in [2.75, 3.05) is 6.61 Å². The van der Waals surface area contributed by atoms with Crippen molar-refractivity contribution < 1.29 is 4.74 Å². The van der Waals surface area contributed by atoms with E-state index in [1.807, 2.05) is 6.21 Å². The molecule has 0 aromatic heterocycles. The molecule has 2 aliphatic rings. The van der Waals surface area contributed by atoms with Crippen LogP contribution in [0.15, 0.2) is 16.8 Å². The molecular weight excluding hydrogens is 176 g/mol. The van der Waals surface area contributed by atoms with Gasteiger partial charge in [-0.1, -0.05) is 6.92 Å². The van der Waals surface area contributed by atoms with Gasteiger partial charge in [-0.3, -0.25) is 4.99 Å². The molecule has 1 heterocycles. The van der Waals surface area contributed by atoms with E-state index in [0.717, 1.165) is 18.6 Å². The van der Waals surface area contributed by atoms with Gasteiger partial charge in [0.2, 0.25) is 0 Å². The summed E-state index contributed by atoms with van der Waals surface area (Å²) in [5.74, 6) is 0.643. The zero-order valence-corrected chi connectivity index (χ0v) is 8.65. The van der Waals surface area contributed by atoms with Crippen LogP contribution in [-0.2, 0) is 4.74 Å². The first-order valence-corrected chi connectivity index (χ1v) is 5.36. The van der Waals surface area contributed by atoms with E-state index in [2.05, 4.69) is 11.9 Å². The van der Waals surface area contributed by atoms with Crippen LogP contribution in [0.1, 0.15) is 26.2 Å². The fourth-order valence-corrected chi connectivity index (χ4v) is 1.66. The Morgan fingerprint density at radius 3 is 2.79 bits per heavy atom. The maximum absolute atomic E-state index is 5.63. The third-order valence-electron chi connectivity index (χ3n) is 2.74. The summed E-state index contributed by atoms with van der Waals surface area (Å²) in [6.07, 6.45) is 7.25. The van der Waals surface area contributed by atoms with E-state index in [4.69, 9.17) is 10.5 Å². The van der Waals surface area contributed by atoms with E-state index in [9.17, 15) is 0 Å². The Kier molecular flexibility index (Phi) is 2.87. The lowest BCUT2D eigenvalue weighted by Crippen LogP contribution is -2.12. The fraction of sp³-hybridized carbons (Fsp3) is 0.727. The Morgan fingerprint density at radius 2 is 2.29 bits per heavy atom. The Bertz CT molecular complexity index is 256. The van der Waals surface area contributed by atoms with Crippen molar-refractivity contribution in [2.45, 2.75) is 38.3 Å². The Morgan fingerprint density at radius 1 is 1.50 bits per heavy atom.